The number of alkyl halides is 2. The minimum atomic E-state index is -2.94. The summed E-state index contributed by atoms with van der Waals surface area (Å²) < 4.78 is 31.7. The first-order chi connectivity index (χ1) is 12.3. The van der Waals surface area contributed by atoms with Gasteiger partial charge in [0.15, 0.2) is 11.6 Å². The van der Waals surface area contributed by atoms with Gasteiger partial charge in [-0.2, -0.15) is 13.9 Å². The van der Waals surface area contributed by atoms with Gasteiger partial charge in [0.2, 0.25) is 0 Å². The van der Waals surface area contributed by atoms with Crippen molar-refractivity contribution in [2.45, 2.75) is 52.2 Å². The summed E-state index contributed by atoms with van der Waals surface area (Å²) in [5, 5.41) is 4.73. The lowest BCUT2D eigenvalue weighted by Crippen LogP contribution is -2.09. The average molecular weight is 362 g/mol. The largest absolute Gasteiger partial charge is 0.431 e. The molecule has 4 rings (SSSR count). The molecule has 2 N–H and O–H groups in total. The van der Waals surface area contributed by atoms with Crippen LogP contribution < -0.4 is 10.5 Å². The summed E-state index contributed by atoms with van der Waals surface area (Å²) in [6, 6.07) is 3.80. The number of nitrogen functional groups attached to an aromatic ring is 1. The first-order valence-electron chi connectivity index (χ1n) is 9.15. The Morgan fingerprint density at radius 2 is 1.92 bits per heavy atom. The van der Waals surface area contributed by atoms with Crippen molar-refractivity contribution in [2.75, 3.05) is 5.73 Å². The highest BCUT2D eigenvalue weighted by Gasteiger charge is 2.56. The maximum absolute atomic E-state index is 12.6. The Morgan fingerprint density at radius 1 is 1.23 bits per heavy atom. The normalized spacial score (nSPS) is 27.2. The van der Waals surface area contributed by atoms with Gasteiger partial charge in [-0.05, 0) is 56.6 Å². The van der Waals surface area contributed by atoms with Crippen LogP contribution in [0.15, 0.2) is 18.3 Å². The van der Waals surface area contributed by atoms with Crippen molar-refractivity contribution >= 4 is 5.82 Å². The number of halogens is 2. The molecule has 2 aliphatic rings. The van der Waals surface area contributed by atoms with E-state index in [0.29, 0.717) is 11.5 Å². The average Bonchev–Trinajstić information content (AvgIpc) is 2.94. The van der Waals surface area contributed by atoms with Gasteiger partial charge >= 0.3 is 6.61 Å². The zero-order valence-electron chi connectivity index (χ0n) is 15.2. The standard InChI is InChI=1S/C19H24F2N4O/c1-9(2)25-15(17-12-4-10(3)5-13(12)17)7-14(24-25)11-6-16(26-19(20)21)18(22)23-8-11/h6-10,12-13,17,19H,4-5H2,1-3H3,(H2,22,23)/t10-,12-,13+,17+. The second kappa shape index (κ2) is 6.21. The molecular weight excluding hydrogens is 338 g/mol. The fourth-order valence-corrected chi connectivity index (χ4v) is 4.55. The molecule has 0 unspecified atom stereocenters. The Hall–Kier alpha value is -2.18. The molecule has 2 aliphatic carbocycles. The Balaban J connectivity index is 1.67. The minimum Gasteiger partial charge on any atom is -0.431 e. The van der Waals surface area contributed by atoms with Gasteiger partial charge in [0.1, 0.15) is 0 Å². The van der Waals surface area contributed by atoms with Crippen molar-refractivity contribution in [1.82, 2.24) is 14.8 Å². The summed E-state index contributed by atoms with van der Waals surface area (Å²) >= 11 is 0. The van der Waals surface area contributed by atoms with Crippen LogP contribution in [0.4, 0.5) is 14.6 Å². The maximum Gasteiger partial charge on any atom is 0.387 e. The van der Waals surface area contributed by atoms with E-state index in [4.69, 9.17) is 10.8 Å². The third-order valence-corrected chi connectivity index (χ3v) is 5.67. The van der Waals surface area contributed by atoms with Crippen molar-refractivity contribution in [3.8, 4) is 17.0 Å². The Bertz CT molecular complexity index is 808. The van der Waals surface area contributed by atoms with Gasteiger partial charge in [0.05, 0.1) is 5.69 Å². The van der Waals surface area contributed by atoms with Crippen molar-refractivity contribution in [3.05, 3.63) is 24.0 Å². The van der Waals surface area contributed by atoms with Crippen molar-refractivity contribution in [3.63, 3.8) is 0 Å². The molecule has 2 fully saturated rings. The molecule has 7 heteroatoms. The second-order valence-corrected chi connectivity index (χ2v) is 7.91. The molecular formula is C19H24F2N4O. The number of rotatable bonds is 5. The van der Waals surface area contributed by atoms with Gasteiger partial charge in [0.25, 0.3) is 0 Å². The molecule has 2 heterocycles. The summed E-state index contributed by atoms with van der Waals surface area (Å²) in [4.78, 5) is 3.99. The number of nitrogens with two attached hydrogens (primary N) is 1. The van der Waals surface area contributed by atoms with Crippen molar-refractivity contribution in [2.24, 2.45) is 17.8 Å². The van der Waals surface area contributed by atoms with Crippen LogP contribution in [0.2, 0.25) is 0 Å². The van der Waals surface area contributed by atoms with E-state index in [1.54, 1.807) is 6.20 Å². The molecule has 0 aromatic carbocycles. The summed E-state index contributed by atoms with van der Waals surface area (Å²) in [5.74, 6) is 2.72. The molecule has 0 bridgehead atoms. The van der Waals surface area contributed by atoms with Crippen LogP contribution in [0, 0.1) is 17.8 Å². The summed E-state index contributed by atoms with van der Waals surface area (Å²) in [7, 11) is 0. The van der Waals surface area contributed by atoms with Crippen molar-refractivity contribution < 1.29 is 13.5 Å². The number of pyridine rings is 1. The fraction of sp³-hybridized carbons (Fsp3) is 0.579. The molecule has 0 aliphatic heterocycles. The van der Waals surface area contributed by atoms with E-state index in [1.807, 2.05) is 0 Å². The van der Waals surface area contributed by atoms with E-state index in [9.17, 15) is 8.78 Å². The highest BCUT2D eigenvalue weighted by Crippen LogP contribution is 2.65. The van der Waals surface area contributed by atoms with Gasteiger partial charge in [-0.15, -0.1) is 0 Å². The molecule has 140 valence electrons. The number of fused-ring (bicyclic) bond motifs is 1. The number of anilines is 1. The molecule has 26 heavy (non-hydrogen) atoms. The molecule has 0 amide bonds. The Labute approximate surface area is 151 Å². The first-order valence-corrected chi connectivity index (χ1v) is 9.15. The van der Waals surface area contributed by atoms with Crippen LogP contribution in [0.3, 0.4) is 0 Å². The van der Waals surface area contributed by atoms with Gasteiger partial charge < -0.3 is 10.5 Å². The molecule has 5 nitrogen and oxygen atoms in total. The number of hydrogen-bond acceptors (Lipinski definition) is 4. The van der Waals surface area contributed by atoms with Gasteiger partial charge in [-0.1, -0.05) is 6.92 Å². The molecule has 0 spiro atoms. The number of ether oxygens (including phenoxy) is 1. The SMILES string of the molecule is CC(C)n1nc(-c2cnc(N)c(OC(F)F)c2)cc1[C@H]1[C@@H]2C[C@@H](C)C[C@@H]21. The molecule has 2 aromatic heterocycles. The van der Waals surface area contributed by atoms with E-state index in [2.05, 4.69) is 41.2 Å². The van der Waals surface area contributed by atoms with Crippen LogP contribution in [0.5, 0.6) is 5.75 Å². The predicted octanol–water partition coefficient (Wildman–Crippen LogP) is 4.47. The Kier molecular flexibility index (Phi) is 4.12. The highest BCUT2D eigenvalue weighted by atomic mass is 19.3. The van der Waals surface area contributed by atoms with E-state index < -0.39 is 6.61 Å². The number of hydrogen-bond donors (Lipinski definition) is 1. The highest BCUT2D eigenvalue weighted by molar-refractivity contribution is 5.64. The van der Waals surface area contributed by atoms with E-state index >= 15 is 0 Å². The third kappa shape index (κ3) is 2.93. The molecule has 0 radical (unpaired) electrons. The quantitative estimate of drug-likeness (QED) is 0.852. The molecule has 4 atom stereocenters. The topological polar surface area (TPSA) is 66.0 Å². The van der Waals surface area contributed by atoms with Crippen LogP contribution in [-0.4, -0.2) is 21.4 Å². The van der Waals surface area contributed by atoms with Gasteiger partial charge in [-0.25, -0.2) is 4.98 Å². The summed E-state index contributed by atoms with van der Waals surface area (Å²) in [5.41, 5.74) is 8.23. The lowest BCUT2D eigenvalue weighted by Gasteiger charge is -2.13. The Morgan fingerprint density at radius 3 is 2.54 bits per heavy atom. The summed E-state index contributed by atoms with van der Waals surface area (Å²) in [6.45, 7) is 3.59. The zero-order chi connectivity index (χ0) is 18.6. The predicted molar refractivity (Wildman–Crippen MR) is 95.0 cm³/mol. The number of aromatic nitrogens is 3. The summed E-state index contributed by atoms with van der Waals surface area (Å²) in [6.07, 6.45) is 4.12. The molecule has 0 saturated heterocycles. The zero-order valence-corrected chi connectivity index (χ0v) is 15.2. The fourth-order valence-electron chi connectivity index (χ4n) is 4.55. The van der Waals surface area contributed by atoms with E-state index in [-0.39, 0.29) is 17.6 Å². The lowest BCUT2D eigenvalue weighted by atomic mass is 10.00. The van der Waals surface area contributed by atoms with Gasteiger partial charge in [-0.3, -0.25) is 4.68 Å². The molecule has 2 aromatic rings. The van der Waals surface area contributed by atoms with E-state index in [0.717, 1.165) is 23.4 Å². The number of nitrogens with zero attached hydrogens (tertiary/aromatic N) is 3. The molecule has 2 saturated carbocycles. The van der Waals surface area contributed by atoms with Crippen LogP contribution in [0.25, 0.3) is 11.3 Å². The van der Waals surface area contributed by atoms with Crippen LogP contribution in [-0.2, 0) is 0 Å². The first kappa shape index (κ1) is 17.2. The maximum atomic E-state index is 12.6. The van der Waals surface area contributed by atoms with E-state index in [1.165, 1.54) is 24.6 Å². The minimum absolute atomic E-state index is 0.0525. The smallest absolute Gasteiger partial charge is 0.387 e. The van der Waals surface area contributed by atoms with Crippen LogP contribution >= 0.6 is 0 Å². The lowest BCUT2D eigenvalue weighted by molar-refractivity contribution is -0.0494. The second-order valence-electron chi connectivity index (χ2n) is 7.91. The monoisotopic (exact) mass is 362 g/mol. The van der Waals surface area contributed by atoms with Crippen LogP contribution in [0.1, 0.15) is 51.3 Å². The van der Waals surface area contributed by atoms with Crippen molar-refractivity contribution in [1.29, 1.82) is 0 Å². The van der Waals surface area contributed by atoms with Gasteiger partial charge in [0, 0.05) is 29.4 Å². The third-order valence-electron chi connectivity index (χ3n) is 5.67.